The lowest BCUT2D eigenvalue weighted by molar-refractivity contribution is 0.279. The van der Waals surface area contributed by atoms with Gasteiger partial charge in [0.15, 0.2) is 0 Å². The topological polar surface area (TPSA) is 45.2 Å². The van der Waals surface area contributed by atoms with Crippen LogP contribution >= 0.6 is 0 Å². The van der Waals surface area contributed by atoms with Crippen molar-refractivity contribution in [2.24, 2.45) is 0 Å². The van der Waals surface area contributed by atoms with Crippen molar-refractivity contribution in [2.75, 3.05) is 6.54 Å². The standard InChI is InChI=1S/C20H25FN2O/c1-12(2)18-16(10-24)17(13-5-7-14(21)8-6-13)15-9-22-11-20(3,4)19(15)23-18/h5-8,12,22,24H,9-11H2,1-4H3. The lowest BCUT2D eigenvalue weighted by Crippen LogP contribution is -2.40. The summed E-state index contributed by atoms with van der Waals surface area (Å²) in [6.07, 6.45) is 0. The number of hydrogen-bond acceptors (Lipinski definition) is 3. The minimum atomic E-state index is -0.255. The van der Waals surface area contributed by atoms with E-state index in [0.717, 1.165) is 40.2 Å². The fourth-order valence-electron chi connectivity index (χ4n) is 3.60. The van der Waals surface area contributed by atoms with Gasteiger partial charge >= 0.3 is 0 Å². The van der Waals surface area contributed by atoms with Gasteiger partial charge < -0.3 is 10.4 Å². The molecular formula is C20H25FN2O. The summed E-state index contributed by atoms with van der Waals surface area (Å²) in [6.45, 7) is 10.1. The van der Waals surface area contributed by atoms with Crippen LogP contribution in [0.4, 0.5) is 4.39 Å². The average molecular weight is 328 g/mol. The van der Waals surface area contributed by atoms with Crippen LogP contribution in [0.15, 0.2) is 24.3 Å². The highest BCUT2D eigenvalue weighted by atomic mass is 19.1. The van der Waals surface area contributed by atoms with Crippen LogP contribution in [0.5, 0.6) is 0 Å². The van der Waals surface area contributed by atoms with Gasteiger partial charge in [-0.25, -0.2) is 4.39 Å². The van der Waals surface area contributed by atoms with Crippen molar-refractivity contribution < 1.29 is 9.50 Å². The molecule has 2 N–H and O–H groups in total. The number of hydrogen-bond donors (Lipinski definition) is 2. The summed E-state index contributed by atoms with van der Waals surface area (Å²) in [5.74, 6) is -0.0444. The Hall–Kier alpha value is -1.78. The lowest BCUT2D eigenvalue weighted by atomic mass is 9.78. The van der Waals surface area contributed by atoms with Gasteiger partial charge in [-0.3, -0.25) is 4.98 Å². The molecule has 0 unspecified atom stereocenters. The molecule has 4 heteroatoms. The van der Waals surface area contributed by atoms with Crippen LogP contribution in [0.25, 0.3) is 11.1 Å². The lowest BCUT2D eigenvalue weighted by Gasteiger charge is -2.35. The Bertz CT molecular complexity index is 751. The predicted molar refractivity (Wildman–Crippen MR) is 94.4 cm³/mol. The van der Waals surface area contributed by atoms with E-state index in [9.17, 15) is 9.50 Å². The van der Waals surface area contributed by atoms with Crippen molar-refractivity contribution in [3.05, 3.63) is 52.6 Å². The maximum atomic E-state index is 13.4. The average Bonchev–Trinajstić information content (AvgIpc) is 2.54. The molecule has 0 spiro atoms. The summed E-state index contributed by atoms with van der Waals surface area (Å²) in [5.41, 5.74) is 5.85. The molecule has 0 bridgehead atoms. The van der Waals surface area contributed by atoms with Crippen molar-refractivity contribution in [1.29, 1.82) is 0 Å². The third-order valence-corrected chi connectivity index (χ3v) is 4.78. The number of benzene rings is 1. The molecule has 0 saturated heterocycles. The number of nitrogens with zero attached hydrogens (tertiary/aromatic N) is 1. The molecule has 1 aliphatic rings. The van der Waals surface area contributed by atoms with Crippen LogP contribution < -0.4 is 5.32 Å². The van der Waals surface area contributed by atoms with Crippen molar-refractivity contribution >= 4 is 0 Å². The first-order valence-corrected chi connectivity index (χ1v) is 8.48. The first-order valence-electron chi connectivity index (χ1n) is 8.48. The number of aliphatic hydroxyl groups is 1. The molecular weight excluding hydrogens is 303 g/mol. The van der Waals surface area contributed by atoms with E-state index in [-0.39, 0.29) is 23.8 Å². The zero-order valence-electron chi connectivity index (χ0n) is 14.8. The fourth-order valence-corrected chi connectivity index (χ4v) is 3.60. The van der Waals surface area contributed by atoms with E-state index in [1.807, 2.05) is 0 Å². The smallest absolute Gasteiger partial charge is 0.123 e. The van der Waals surface area contributed by atoms with Gasteiger partial charge in [0.2, 0.25) is 0 Å². The summed E-state index contributed by atoms with van der Waals surface area (Å²) in [4.78, 5) is 4.97. The predicted octanol–water partition coefficient (Wildman–Crippen LogP) is 3.88. The molecule has 0 fully saturated rings. The van der Waals surface area contributed by atoms with Crippen molar-refractivity contribution in [2.45, 2.75) is 52.2 Å². The largest absolute Gasteiger partial charge is 0.392 e. The van der Waals surface area contributed by atoms with Gasteiger partial charge in [0.25, 0.3) is 0 Å². The number of aliphatic hydroxyl groups excluding tert-OH is 1. The maximum absolute atomic E-state index is 13.4. The van der Waals surface area contributed by atoms with Gasteiger partial charge in [-0.05, 0) is 34.7 Å². The van der Waals surface area contributed by atoms with Crippen molar-refractivity contribution in [3.8, 4) is 11.1 Å². The van der Waals surface area contributed by atoms with Gasteiger partial charge in [-0.15, -0.1) is 0 Å². The monoisotopic (exact) mass is 328 g/mol. The minimum Gasteiger partial charge on any atom is -0.392 e. The van der Waals surface area contributed by atoms with E-state index in [1.54, 1.807) is 12.1 Å². The summed E-state index contributed by atoms with van der Waals surface area (Å²) in [6, 6.07) is 6.52. The summed E-state index contributed by atoms with van der Waals surface area (Å²) in [7, 11) is 0. The van der Waals surface area contributed by atoms with Gasteiger partial charge in [0.1, 0.15) is 5.82 Å². The number of nitrogens with one attached hydrogen (secondary N) is 1. The number of halogens is 1. The Kier molecular flexibility index (Phi) is 4.45. The fraction of sp³-hybridized carbons (Fsp3) is 0.450. The van der Waals surface area contributed by atoms with Crippen LogP contribution in [-0.2, 0) is 18.6 Å². The minimum absolute atomic E-state index is 0.0685. The molecule has 24 heavy (non-hydrogen) atoms. The highest BCUT2D eigenvalue weighted by Crippen LogP contribution is 2.39. The normalized spacial score (nSPS) is 16.3. The quantitative estimate of drug-likeness (QED) is 0.898. The number of rotatable bonds is 3. The highest BCUT2D eigenvalue weighted by molar-refractivity contribution is 5.73. The summed E-state index contributed by atoms with van der Waals surface area (Å²) < 4.78 is 13.4. The van der Waals surface area contributed by atoms with E-state index in [4.69, 9.17) is 4.98 Å². The summed E-state index contributed by atoms with van der Waals surface area (Å²) >= 11 is 0. The first kappa shape index (κ1) is 17.1. The van der Waals surface area contributed by atoms with Crippen molar-refractivity contribution in [3.63, 3.8) is 0 Å². The van der Waals surface area contributed by atoms with E-state index in [2.05, 4.69) is 33.0 Å². The molecule has 3 nitrogen and oxygen atoms in total. The second kappa shape index (κ2) is 6.26. The zero-order valence-corrected chi connectivity index (χ0v) is 14.8. The van der Waals surface area contributed by atoms with Gasteiger partial charge in [0, 0.05) is 29.8 Å². The van der Waals surface area contributed by atoms with Crippen LogP contribution in [0.2, 0.25) is 0 Å². The molecule has 2 aromatic rings. The zero-order chi connectivity index (χ0) is 17.5. The number of pyridine rings is 1. The second-order valence-corrected chi connectivity index (χ2v) is 7.48. The first-order chi connectivity index (χ1) is 11.3. The molecule has 2 heterocycles. The van der Waals surface area contributed by atoms with Crippen LogP contribution in [-0.4, -0.2) is 16.6 Å². The number of aromatic nitrogens is 1. The van der Waals surface area contributed by atoms with Crippen LogP contribution in [0.3, 0.4) is 0 Å². The Morgan fingerprint density at radius 2 is 1.92 bits per heavy atom. The molecule has 0 atom stereocenters. The summed E-state index contributed by atoms with van der Waals surface area (Å²) in [5, 5.41) is 13.5. The second-order valence-electron chi connectivity index (χ2n) is 7.48. The molecule has 1 aromatic carbocycles. The van der Waals surface area contributed by atoms with Crippen LogP contribution in [0.1, 0.15) is 56.1 Å². The van der Waals surface area contributed by atoms with E-state index < -0.39 is 0 Å². The molecule has 3 rings (SSSR count). The van der Waals surface area contributed by atoms with Gasteiger partial charge in [-0.1, -0.05) is 39.8 Å². The Morgan fingerprint density at radius 3 is 2.50 bits per heavy atom. The maximum Gasteiger partial charge on any atom is 0.123 e. The Labute approximate surface area is 142 Å². The Balaban J connectivity index is 2.36. The van der Waals surface area contributed by atoms with Crippen molar-refractivity contribution in [1.82, 2.24) is 10.3 Å². The molecule has 1 aliphatic heterocycles. The highest BCUT2D eigenvalue weighted by Gasteiger charge is 2.33. The molecule has 0 amide bonds. The third kappa shape index (κ3) is 2.85. The van der Waals surface area contributed by atoms with Gasteiger partial charge in [-0.2, -0.15) is 0 Å². The molecule has 0 saturated carbocycles. The molecule has 0 radical (unpaired) electrons. The van der Waals surface area contributed by atoms with Crippen LogP contribution in [0, 0.1) is 5.82 Å². The number of fused-ring (bicyclic) bond motifs is 1. The molecule has 128 valence electrons. The molecule has 1 aromatic heterocycles. The Morgan fingerprint density at radius 1 is 1.25 bits per heavy atom. The van der Waals surface area contributed by atoms with Gasteiger partial charge in [0.05, 0.1) is 12.3 Å². The molecule has 0 aliphatic carbocycles. The SMILES string of the molecule is CC(C)c1nc2c(c(-c3ccc(F)cc3)c1CO)CNCC2(C)C. The van der Waals surface area contributed by atoms with E-state index >= 15 is 0 Å². The van der Waals surface area contributed by atoms with E-state index in [1.165, 1.54) is 12.1 Å². The third-order valence-electron chi connectivity index (χ3n) is 4.78. The van der Waals surface area contributed by atoms with E-state index in [0.29, 0.717) is 6.54 Å².